The molecule has 1 saturated heterocycles. The molecular weight excluding hydrogens is 328 g/mol. The molecule has 7 heteroatoms. The average Bonchev–Trinajstić information content (AvgIpc) is 3.11. The van der Waals surface area contributed by atoms with Gasteiger partial charge in [0.15, 0.2) is 5.82 Å². The molecule has 2 aliphatic rings. The van der Waals surface area contributed by atoms with Crippen LogP contribution in [0.5, 0.6) is 0 Å². The molecule has 2 aliphatic heterocycles. The highest BCUT2D eigenvalue weighted by Crippen LogP contribution is 2.37. The van der Waals surface area contributed by atoms with Crippen LogP contribution in [0.2, 0.25) is 0 Å². The van der Waals surface area contributed by atoms with Gasteiger partial charge in [0.1, 0.15) is 16.9 Å². The third-order valence-electron chi connectivity index (χ3n) is 5.40. The fourth-order valence-electron chi connectivity index (χ4n) is 3.98. The molecular formula is C19H20N6O. The number of aryl methyl sites for hydroxylation is 1. The summed E-state index contributed by atoms with van der Waals surface area (Å²) >= 11 is 0. The monoisotopic (exact) mass is 348 g/mol. The zero-order chi connectivity index (χ0) is 17.7. The predicted molar refractivity (Wildman–Crippen MR) is 101 cm³/mol. The molecule has 3 aromatic rings. The van der Waals surface area contributed by atoms with Gasteiger partial charge in [-0.3, -0.25) is 4.79 Å². The summed E-state index contributed by atoms with van der Waals surface area (Å²) in [5.74, 6) is 1.73. The normalized spacial score (nSPS) is 18.5. The maximum Gasteiger partial charge on any atom is 0.250 e. The number of nitrogens with one attached hydrogen (secondary N) is 3. The van der Waals surface area contributed by atoms with Crippen molar-refractivity contribution in [2.45, 2.75) is 25.3 Å². The smallest absolute Gasteiger partial charge is 0.250 e. The Labute approximate surface area is 150 Å². The van der Waals surface area contributed by atoms with Crippen LogP contribution >= 0.6 is 0 Å². The second-order valence-corrected chi connectivity index (χ2v) is 7.03. The van der Waals surface area contributed by atoms with Crippen molar-refractivity contribution < 1.29 is 4.79 Å². The number of fused-ring (bicyclic) bond motifs is 2. The first-order valence-electron chi connectivity index (χ1n) is 8.90. The summed E-state index contributed by atoms with van der Waals surface area (Å²) in [5, 5.41) is 6.56. The molecule has 132 valence electrons. The van der Waals surface area contributed by atoms with E-state index in [1.807, 2.05) is 43.5 Å². The molecule has 0 bridgehead atoms. The summed E-state index contributed by atoms with van der Waals surface area (Å²) in [6.45, 7) is 3.43. The summed E-state index contributed by atoms with van der Waals surface area (Å²) in [7, 11) is 0. The van der Waals surface area contributed by atoms with E-state index in [0.29, 0.717) is 0 Å². The molecule has 5 rings (SSSR count). The van der Waals surface area contributed by atoms with E-state index < -0.39 is 5.54 Å². The summed E-state index contributed by atoms with van der Waals surface area (Å²) in [6.07, 6.45) is 3.33. The standard InChI is InChI=1S/C19H20N6O/c1-12-21-15-6-9-20-16(15)17(22-12)25-10-7-19(8-11-25)18(26)23-13-4-2-3-5-14(13)24-19/h2-6,9,20,24H,7-8,10-11H2,1H3,(H,23,26). The van der Waals surface area contributed by atoms with E-state index in [9.17, 15) is 4.79 Å². The van der Waals surface area contributed by atoms with Gasteiger partial charge in [-0.1, -0.05) is 12.1 Å². The van der Waals surface area contributed by atoms with Crippen LogP contribution in [-0.2, 0) is 4.79 Å². The van der Waals surface area contributed by atoms with Crippen molar-refractivity contribution in [3.05, 3.63) is 42.4 Å². The lowest BCUT2D eigenvalue weighted by molar-refractivity contribution is -0.121. The van der Waals surface area contributed by atoms with Crippen molar-refractivity contribution in [3.8, 4) is 0 Å². The number of para-hydroxylation sites is 2. The minimum Gasteiger partial charge on any atom is -0.369 e. The topological polar surface area (TPSA) is 85.9 Å². The number of carbonyl (C=O) groups excluding carboxylic acids is 1. The van der Waals surface area contributed by atoms with Crippen LogP contribution in [0, 0.1) is 6.92 Å². The van der Waals surface area contributed by atoms with Gasteiger partial charge >= 0.3 is 0 Å². The number of H-pyrrole nitrogens is 1. The number of anilines is 3. The molecule has 26 heavy (non-hydrogen) atoms. The van der Waals surface area contributed by atoms with E-state index in [0.717, 1.165) is 60.0 Å². The van der Waals surface area contributed by atoms with Gasteiger partial charge < -0.3 is 20.5 Å². The van der Waals surface area contributed by atoms with Crippen molar-refractivity contribution in [1.29, 1.82) is 0 Å². The molecule has 0 unspecified atom stereocenters. The SMILES string of the molecule is Cc1nc(N2CCC3(CC2)Nc2ccccc2NC3=O)c2[nH]ccc2n1. The van der Waals surface area contributed by atoms with E-state index in [1.54, 1.807) is 0 Å². The molecule has 0 saturated carbocycles. The summed E-state index contributed by atoms with van der Waals surface area (Å²) in [6, 6.07) is 9.82. The van der Waals surface area contributed by atoms with E-state index in [-0.39, 0.29) is 5.91 Å². The highest BCUT2D eigenvalue weighted by Gasteiger charge is 2.44. The molecule has 4 heterocycles. The third-order valence-corrected chi connectivity index (χ3v) is 5.40. The van der Waals surface area contributed by atoms with Crippen LogP contribution in [0.4, 0.5) is 17.2 Å². The lowest BCUT2D eigenvalue weighted by Crippen LogP contribution is -2.58. The van der Waals surface area contributed by atoms with Crippen LogP contribution in [0.25, 0.3) is 11.0 Å². The van der Waals surface area contributed by atoms with Gasteiger partial charge in [0.2, 0.25) is 5.91 Å². The summed E-state index contributed by atoms with van der Waals surface area (Å²) in [4.78, 5) is 27.4. The van der Waals surface area contributed by atoms with Gasteiger partial charge in [-0.05, 0) is 38.0 Å². The van der Waals surface area contributed by atoms with Crippen LogP contribution in [-0.4, -0.2) is 39.5 Å². The van der Waals surface area contributed by atoms with Crippen molar-refractivity contribution in [2.75, 3.05) is 28.6 Å². The number of aromatic amines is 1. The minimum atomic E-state index is -0.554. The largest absolute Gasteiger partial charge is 0.369 e. The van der Waals surface area contributed by atoms with Gasteiger partial charge in [0.05, 0.1) is 16.9 Å². The van der Waals surface area contributed by atoms with Gasteiger partial charge in [-0.15, -0.1) is 0 Å². The average molecular weight is 348 g/mol. The second kappa shape index (κ2) is 5.45. The third kappa shape index (κ3) is 2.23. The molecule has 3 N–H and O–H groups in total. The zero-order valence-corrected chi connectivity index (χ0v) is 14.5. The highest BCUT2D eigenvalue weighted by atomic mass is 16.2. The number of piperidine rings is 1. The van der Waals surface area contributed by atoms with E-state index in [4.69, 9.17) is 0 Å². The Balaban J connectivity index is 1.43. The first kappa shape index (κ1) is 15.2. The zero-order valence-electron chi connectivity index (χ0n) is 14.5. The van der Waals surface area contributed by atoms with Crippen LogP contribution in [0.3, 0.4) is 0 Å². The second-order valence-electron chi connectivity index (χ2n) is 7.03. The number of amides is 1. The van der Waals surface area contributed by atoms with Crippen LogP contribution < -0.4 is 15.5 Å². The fraction of sp³-hybridized carbons (Fsp3) is 0.316. The Morgan fingerprint density at radius 2 is 1.85 bits per heavy atom. The van der Waals surface area contributed by atoms with Crippen molar-refractivity contribution in [3.63, 3.8) is 0 Å². The van der Waals surface area contributed by atoms with Crippen molar-refractivity contribution in [1.82, 2.24) is 15.0 Å². The molecule has 1 amide bonds. The van der Waals surface area contributed by atoms with Gasteiger partial charge in [-0.25, -0.2) is 9.97 Å². The fourth-order valence-corrected chi connectivity index (χ4v) is 3.98. The lowest BCUT2D eigenvalue weighted by atomic mass is 9.84. The molecule has 1 spiro atoms. The quantitative estimate of drug-likeness (QED) is 0.629. The molecule has 1 aromatic carbocycles. The number of carbonyl (C=O) groups is 1. The maximum absolute atomic E-state index is 12.8. The summed E-state index contributed by atoms with van der Waals surface area (Å²) < 4.78 is 0. The first-order valence-corrected chi connectivity index (χ1v) is 8.90. The number of nitrogens with zero attached hydrogens (tertiary/aromatic N) is 3. The lowest BCUT2D eigenvalue weighted by Gasteiger charge is -2.44. The Morgan fingerprint density at radius 3 is 2.65 bits per heavy atom. The molecule has 7 nitrogen and oxygen atoms in total. The Hall–Kier alpha value is -3.09. The predicted octanol–water partition coefficient (Wildman–Crippen LogP) is 2.67. The van der Waals surface area contributed by atoms with E-state index in [2.05, 4.69) is 30.5 Å². The minimum absolute atomic E-state index is 0.0553. The Kier molecular flexibility index (Phi) is 3.19. The number of hydrogen-bond donors (Lipinski definition) is 3. The number of aromatic nitrogens is 3. The molecule has 0 atom stereocenters. The van der Waals surface area contributed by atoms with Crippen molar-refractivity contribution >= 4 is 34.1 Å². The highest BCUT2D eigenvalue weighted by molar-refractivity contribution is 6.06. The first-order chi connectivity index (χ1) is 12.6. The van der Waals surface area contributed by atoms with E-state index >= 15 is 0 Å². The number of rotatable bonds is 1. The number of benzene rings is 1. The summed E-state index contributed by atoms with van der Waals surface area (Å²) in [5.41, 5.74) is 3.17. The molecule has 0 aliphatic carbocycles. The van der Waals surface area contributed by atoms with E-state index in [1.165, 1.54) is 0 Å². The van der Waals surface area contributed by atoms with Gasteiger partial charge in [0.25, 0.3) is 0 Å². The van der Waals surface area contributed by atoms with Crippen molar-refractivity contribution in [2.24, 2.45) is 0 Å². The number of hydrogen-bond acceptors (Lipinski definition) is 5. The molecule has 2 aromatic heterocycles. The van der Waals surface area contributed by atoms with Gasteiger partial charge in [0, 0.05) is 19.3 Å². The Bertz CT molecular complexity index is 1000. The Morgan fingerprint density at radius 1 is 1.08 bits per heavy atom. The van der Waals surface area contributed by atoms with Crippen LogP contribution in [0.15, 0.2) is 36.5 Å². The maximum atomic E-state index is 12.8. The molecule has 1 fully saturated rings. The molecule has 0 radical (unpaired) electrons. The van der Waals surface area contributed by atoms with Crippen LogP contribution in [0.1, 0.15) is 18.7 Å². The van der Waals surface area contributed by atoms with Gasteiger partial charge in [-0.2, -0.15) is 0 Å².